The van der Waals surface area contributed by atoms with E-state index in [-0.39, 0.29) is 11.9 Å². The van der Waals surface area contributed by atoms with Crippen molar-refractivity contribution in [2.45, 2.75) is 31.3 Å². The van der Waals surface area contributed by atoms with Crippen molar-refractivity contribution in [3.8, 4) is 0 Å². The fourth-order valence-electron chi connectivity index (χ4n) is 1.48. The molecule has 0 fully saturated rings. The van der Waals surface area contributed by atoms with E-state index in [4.69, 9.17) is 11.6 Å². The highest BCUT2D eigenvalue weighted by Gasteiger charge is 2.07. The third-order valence-electron chi connectivity index (χ3n) is 2.19. The summed E-state index contributed by atoms with van der Waals surface area (Å²) in [5, 5.41) is 6.62. The highest BCUT2D eigenvalue weighted by Crippen LogP contribution is 2.27. The van der Waals surface area contributed by atoms with E-state index in [0.717, 1.165) is 17.0 Å². The zero-order valence-corrected chi connectivity index (χ0v) is 12.5. The van der Waals surface area contributed by atoms with E-state index in [1.54, 1.807) is 0 Å². The summed E-state index contributed by atoms with van der Waals surface area (Å²) in [6.07, 6.45) is 0. The number of rotatable bonds is 6. The van der Waals surface area contributed by atoms with E-state index >= 15 is 0 Å². The normalized spacial score (nSPS) is 10.7. The molecule has 100 valence electrons. The molecule has 1 rings (SSSR count). The Morgan fingerprint density at radius 3 is 2.72 bits per heavy atom. The average Bonchev–Trinajstić information content (AvgIpc) is 2.27. The molecule has 0 saturated heterocycles. The van der Waals surface area contributed by atoms with Crippen molar-refractivity contribution >= 4 is 29.3 Å². The number of carbonyl (C=O) groups is 1. The van der Waals surface area contributed by atoms with Gasteiger partial charge in [-0.15, -0.1) is 11.8 Å². The van der Waals surface area contributed by atoms with Gasteiger partial charge in [-0.3, -0.25) is 4.79 Å². The SMILES string of the molecule is CNCc1ccc(SCC(=O)NC(C)C)c(Cl)c1. The van der Waals surface area contributed by atoms with Crippen molar-refractivity contribution < 1.29 is 4.79 Å². The van der Waals surface area contributed by atoms with Crippen molar-refractivity contribution in [2.24, 2.45) is 0 Å². The molecule has 1 aromatic carbocycles. The summed E-state index contributed by atoms with van der Waals surface area (Å²) < 4.78 is 0. The van der Waals surface area contributed by atoms with Crippen molar-refractivity contribution in [3.63, 3.8) is 0 Å². The van der Waals surface area contributed by atoms with E-state index in [0.29, 0.717) is 10.8 Å². The molecule has 2 N–H and O–H groups in total. The maximum atomic E-state index is 11.5. The first-order chi connectivity index (χ1) is 8.52. The van der Waals surface area contributed by atoms with Gasteiger partial charge in [0.25, 0.3) is 0 Å². The highest BCUT2D eigenvalue weighted by atomic mass is 35.5. The second-order valence-corrected chi connectivity index (χ2v) is 5.73. The van der Waals surface area contributed by atoms with Crippen LogP contribution in [0.3, 0.4) is 0 Å². The zero-order chi connectivity index (χ0) is 13.5. The quantitative estimate of drug-likeness (QED) is 0.790. The number of hydrogen-bond acceptors (Lipinski definition) is 3. The molecule has 1 aromatic rings. The van der Waals surface area contributed by atoms with Gasteiger partial charge in [-0.2, -0.15) is 0 Å². The summed E-state index contributed by atoms with van der Waals surface area (Å²) >= 11 is 7.63. The van der Waals surface area contributed by atoms with Crippen LogP contribution in [0.2, 0.25) is 5.02 Å². The monoisotopic (exact) mass is 286 g/mol. The lowest BCUT2D eigenvalue weighted by Gasteiger charge is -2.09. The first-order valence-electron chi connectivity index (χ1n) is 5.88. The van der Waals surface area contributed by atoms with E-state index in [1.165, 1.54) is 11.8 Å². The van der Waals surface area contributed by atoms with Gasteiger partial charge in [-0.25, -0.2) is 0 Å². The van der Waals surface area contributed by atoms with Crippen LogP contribution in [0.5, 0.6) is 0 Å². The maximum absolute atomic E-state index is 11.5. The topological polar surface area (TPSA) is 41.1 Å². The average molecular weight is 287 g/mol. The Kier molecular flexibility index (Phi) is 6.54. The summed E-state index contributed by atoms with van der Waals surface area (Å²) in [6.45, 7) is 4.68. The molecule has 1 amide bonds. The van der Waals surface area contributed by atoms with Gasteiger partial charge in [0.2, 0.25) is 5.91 Å². The molecule has 0 aliphatic rings. The summed E-state index contributed by atoms with van der Waals surface area (Å²) in [5.41, 5.74) is 1.14. The first-order valence-corrected chi connectivity index (χ1v) is 7.24. The lowest BCUT2D eigenvalue weighted by Crippen LogP contribution is -2.31. The van der Waals surface area contributed by atoms with Crippen LogP contribution in [-0.4, -0.2) is 24.7 Å². The van der Waals surface area contributed by atoms with Crippen LogP contribution in [0.1, 0.15) is 19.4 Å². The molecule has 18 heavy (non-hydrogen) atoms. The molecule has 0 radical (unpaired) electrons. The van der Waals surface area contributed by atoms with Gasteiger partial charge in [0, 0.05) is 17.5 Å². The second kappa shape index (κ2) is 7.67. The lowest BCUT2D eigenvalue weighted by atomic mass is 10.2. The predicted molar refractivity (Wildman–Crippen MR) is 78.2 cm³/mol. The summed E-state index contributed by atoms with van der Waals surface area (Å²) in [7, 11) is 1.90. The molecule has 0 saturated carbocycles. The number of hydrogen-bond donors (Lipinski definition) is 2. The van der Waals surface area contributed by atoms with Crippen molar-refractivity contribution in [1.82, 2.24) is 10.6 Å². The van der Waals surface area contributed by atoms with Crippen LogP contribution in [0, 0.1) is 0 Å². The number of benzene rings is 1. The Hall–Kier alpha value is -0.710. The van der Waals surface area contributed by atoms with Gasteiger partial charge < -0.3 is 10.6 Å². The molecule has 0 heterocycles. The summed E-state index contributed by atoms with van der Waals surface area (Å²) in [4.78, 5) is 12.5. The molecule has 0 bridgehead atoms. The molecular formula is C13H19ClN2OS. The van der Waals surface area contributed by atoms with Gasteiger partial charge in [0.1, 0.15) is 0 Å². The number of thioether (sulfide) groups is 1. The number of carbonyl (C=O) groups excluding carboxylic acids is 1. The van der Waals surface area contributed by atoms with Gasteiger partial charge in [0.05, 0.1) is 10.8 Å². The Balaban J connectivity index is 2.55. The Bertz CT molecular complexity index is 410. The second-order valence-electron chi connectivity index (χ2n) is 4.31. The van der Waals surface area contributed by atoms with E-state index in [2.05, 4.69) is 10.6 Å². The van der Waals surface area contributed by atoms with Crippen molar-refractivity contribution in [3.05, 3.63) is 28.8 Å². The zero-order valence-electron chi connectivity index (χ0n) is 10.9. The molecule has 0 aliphatic heterocycles. The van der Waals surface area contributed by atoms with Crippen LogP contribution in [-0.2, 0) is 11.3 Å². The Labute approximate surface area is 118 Å². The summed E-state index contributed by atoms with van der Waals surface area (Å²) in [5.74, 6) is 0.425. The number of halogens is 1. The lowest BCUT2D eigenvalue weighted by molar-refractivity contribution is -0.119. The molecule has 0 atom stereocenters. The molecular weight excluding hydrogens is 268 g/mol. The third-order valence-corrected chi connectivity index (χ3v) is 3.68. The van der Waals surface area contributed by atoms with Crippen molar-refractivity contribution in [2.75, 3.05) is 12.8 Å². The number of amides is 1. The van der Waals surface area contributed by atoms with E-state index in [9.17, 15) is 4.79 Å². The molecule has 0 unspecified atom stereocenters. The largest absolute Gasteiger partial charge is 0.353 e. The number of nitrogens with one attached hydrogen (secondary N) is 2. The minimum absolute atomic E-state index is 0.0327. The molecule has 0 spiro atoms. The van der Waals surface area contributed by atoms with Crippen LogP contribution in [0.25, 0.3) is 0 Å². The Morgan fingerprint density at radius 2 is 2.17 bits per heavy atom. The fourth-order valence-corrected chi connectivity index (χ4v) is 2.58. The minimum Gasteiger partial charge on any atom is -0.353 e. The van der Waals surface area contributed by atoms with Crippen LogP contribution >= 0.6 is 23.4 Å². The molecule has 0 aromatic heterocycles. The fraction of sp³-hybridized carbons (Fsp3) is 0.462. The first kappa shape index (κ1) is 15.3. The third kappa shape index (κ3) is 5.29. The van der Waals surface area contributed by atoms with Gasteiger partial charge >= 0.3 is 0 Å². The Morgan fingerprint density at radius 1 is 1.44 bits per heavy atom. The van der Waals surface area contributed by atoms with Crippen LogP contribution in [0.15, 0.2) is 23.1 Å². The minimum atomic E-state index is 0.0327. The van der Waals surface area contributed by atoms with Gasteiger partial charge in [-0.1, -0.05) is 17.7 Å². The maximum Gasteiger partial charge on any atom is 0.230 e. The van der Waals surface area contributed by atoms with Crippen molar-refractivity contribution in [1.29, 1.82) is 0 Å². The van der Waals surface area contributed by atoms with Gasteiger partial charge in [0.15, 0.2) is 0 Å². The van der Waals surface area contributed by atoms with Crippen LogP contribution < -0.4 is 10.6 Å². The van der Waals surface area contributed by atoms with E-state index < -0.39 is 0 Å². The van der Waals surface area contributed by atoms with Crippen LogP contribution in [0.4, 0.5) is 0 Å². The molecule has 3 nitrogen and oxygen atoms in total. The smallest absolute Gasteiger partial charge is 0.230 e. The standard InChI is InChI=1S/C13H19ClN2OS/c1-9(2)16-13(17)8-18-12-5-4-10(7-15-3)6-11(12)14/h4-6,9,15H,7-8H2,1-3H3,(H,16,17). The molecule has 0 aliphatic carbocycles. The predicted octanol–water partition coefficient (Wildman–Crippen LogP) is 2.68. The highest BCUT2D eigenvalue weighted by molar-refractivity contribution is 8.00. The van der Waals surface area contributed by atoms with E-state index in [1.807, 2.05) is 39.1 Å². The van der Waals surface area contributed by atoms with Gasteiger partial charge in [-0.05, 0) is 38.6 Å². The summed E-state index contributed by atoms with van der Waals surface area (Å²) in [6, 6.07) is 6.08. The molecule has 5 heteroatoms.